The molecule has 5 heteroatoms. The van der Waals surface area contributed by atoms with Crippen molar-refractivity contribution in [1.29, 1.82) is 0 Å². The van der Waals surface area contributed by atoms with Gasteiger partial charge in [-0.05, 0) is 35.4 Å². The van der Waals surface area contributed by atoms with E-state index in [9.17, 15) is 4.79 Å². The number of H-pyrrole nitrogens is 1. The van der Waals surface area contributed by atoms with E-state index in [2.05, 4.69) is 48.3 Å². The van der Waals surface area contributed by atoms with Crippen LogP contribution in [0.5, 0.6) is 0 Å². The molecule has 1 rings (SSSR count). The van der Waals surface area contributed by atoms with E-state index >= 15 is 0 Å². The normalized spacial score (nSPS) is 12.8. The van der Waals surface area contributed by atoms with Crippen molar-refractivity contribution >= 4 is 22.6 Å². The highest BCUT2D eigenvalue weighted by Crippen LogP contribution is 2.31. The van der Waals surface area contributed by atoms with E-state index < -0.39 is 5.60 Å². The summed E-state index contributed by atoms with van der Waals surface area (Å²) in [6.07, 6.45) is 1.54. The topological polar surface area (TPSA) is 55.0 Å². The van der Waals surface area contributed by atoms with Crippen LogP contribution in [0.15, 0.2) is 4.79 Å². The Morgan fingerprint density at radius 2 is 1.79 bits per heavy atom. The summed E-state index contributed by atoms with van der Waals surface area (Å²) in [6, 6.07) is 0. The van der Waals surface area contributed by atoms with Crippen LogP contribution in [0.2, 0.25) is 0 Å². The molecule has 0 atom stereocenters. The Morgan fingerprint density at radius 3 is 2.16 bits per heavy atom. The number of aromatic nitrogens is 2. The molecule has 19 heavy (non-hydrogen) atoms. The molecule has 0 saturated heterocycles. The van der Waals surface area contributed by atoms with Crippen LogP contribution in [0.3, 0.4) is 0 Å². The largest absolute Gasteiger partial charge is 0.370 e. The number of ether oxygens (including phenoxy) is 1. The highest BCUT2D eigenvalue weighted by atomic mass is 127. The number of methoxy groups -OCH3 is 1. The average molecular weight is 378 g/mol. The van der Waals surface area contributed by atoms with Crippen LogP contribution in [0, 0.1) is 3.57 Å². The van der Waals surface area contributed by atoms with Crippen molar-refractivity contribution in [3.8, 4) is 0 Å². The van der Waals surface area contributed by atoms with E-state index in [1.165, 1.54) is 0 Å². The highest BCUT2D eigenvalue weighted by molar-refractivity contribution is 14.1. The molecule has 0 bridgehead atoms. The zero-order valence-corrected chi connectivity index (χ0v) is 14.7. The van der Waals surface area contributed by atoms with Gasteiger partial charge in [0, 0.05) is 12.5 Å². The average Bonchev–Trinajstić information content (AvgIpc) is 2.34. The van der Waals surface area contributed by atoms with Crippen molar-refractivity contribution in [3.05, 3.63) is 25.4 Å². The Kier molecular flexibility index (Phi) is 5.17. The third-order valence-electron chi connectivity index (χ3n) is 3.54. The Labute approximate surface area is 128 Å². The summed E-state index contributed by atoms with van der Waals surface area (Å²) >= 11 is 2.06. The fraction of sp³-hybridized carbons (Fsp3) is 0.714. The number of nitrogens with zero attached hydrogens (tertiary/aromatic N) is 1. The molecule has 1 aromatic rings. The van der Waals surface area contributed by atoms with E-state index in [1.807, 2.05) is 13.8 Å². The van der Waals surface area contributed by atoms with Gasteiger partial charge in [0.2, 0.25) is 0 Å². The lowest BCUT2D eigenvalue weighted by molar-refractivity contribution is -0.0296. The second kappa shape index (κ2) is 5.91. The first-order valence-corrected chi connectivity index (χ1v) is 7.65. The van der Waals surface area contributed by atoms with Crippen LogP contribution in [0.4, 0.5) is 0 Å². The van der Waals surface area contributed by atoms with Gasteiger partial charge in [0.05, 0.1) is 5.69 Å². The predicted molar refractivity (Wildman–Crippen MR) is 85.5 cm³/mol. The summed E-state index contributed by atoms with van der Waals surface area (Å²) in [4.78, 5) is 19.7. The van der Waals surface area contributed by atoms with Crippen molar-refractivity contribution in [2.75, 3.05) is 7.11 Å². The predicted octanol–water partition coefficient (Wildman–Crippen LogP) is 3.33. The van der Waals surface area contributed by atoms with Crippen LogP contribution in [-0.2, 0) is 15.8 Å². The maximum absolute atomic E-state index is 12.1. The highest BCUT2D eigenvalue weighted by Gasteiger charge is 2.33. The maximum Gasteiger partial charge on any atom is 0.264 e. The van der Waals surface area contributed by atoms with Gasteiger partial charge in [0.1, 0.15) is 15.0 Å². The molecule has 0 aliphatic carbocycles. The second-order valence-corrected chi connectivity index (χ2v) is 6.81. The molecule has 0 unspecified atom stereocenters. The lowest BCUT2D eigenvalue weighted by atomic mass is 9.90. The van der Waals surface area contributed by atoms with Gasteiger partial charge in [0.15, 0.2) is 0 Å². The SMILES string of the molecule is CCC(CC)(OC)c1nc(C(C)(C)C)c(I)c(=O)[nH]1. The minimum absolute atomic E-state index is 0.0844. The van der Waals surface area contributed by atoms with Gasteiger partial charge in [-0.3, -0.25) is 4.79 Å². The van der Waals surface area contributed by atoms with Gasteiger partial charge in [-0.2, -0.15) is 0 Å². The van der Waals surface area contributed by atoms with E-state index in [0.29, 0.717) is 9.39 Å². The molecule has 1 N–H and O–H groups in total. The number of nitrogens with one attached hydrogen (secondary N) is 1. The fourth-order valence-electron chi connectivity index (χ4n) is 2.14. The zero-order chi connectivity index (χ0) is 14.8. The Bertz CT molecular complexity index is 491. The lowest BCUT2D eigenvalue weighted by Gasteiger charge is -2.30. The van der Waals surface area contributed by atoms with Crippen LogP contribution in [0.25, 0.3) is 0 Å². The molecule has 0 aliphatic heterocycles. The lowest BCUT2D eigenvalue weighted by Crippen LogP contribution is -2.35. The number of rotatable bonds is 4. The molecular formula is C14H23IN2O2. The molecule has 0 fully saturated rings. The second-order valence-electron chi connectivity index (χ2n) is 5.73. The Hall–Kier alpha value is -0.430. The first-order chi connectivity index (χ1) is 8.71. The quantitative estimate of drug-likeness (QED) is 0.818. The summed E-state index contributed by atoms with van der Waals surface area (Å²) in [6.45, 7) is 10.3. The number of aromatic amines is 1. The summed E-state index contributed by atoms with van der Waals surface area (Å²) < 4.78 is 6.31. The van der Waals surface area contributed by atoms with Crippen LogP contribution >= 0.6 is 22.6 Å². The molecule has 0 saturated carbocycles. The smallest absolute Gasteiger partial charge is 0.264 e. The van der Waals surface area contributed by atoms with E-state index in [1.54, 1.807) is 7.11 Å². The minimum Gasteiger partial charge on any atom is -0.370 e. The zero-order valence-electron chi connectivity index (χ0n) is 12.6. The van der Waals surface area contributed by atoms with E-state index in [4.69, 9.17) is 9.72 Å². The van der Waals surface area contributed by atoms with Crippen molar-refractivity contribution in [2.45, 2.75) is 58.5 Å². The van der Waals surface area contributed by atoms with Crippen molar-refractivity contribution < 1.29 is 4.74 Å². The third-order valence-corrected chi connectivity index (χ3v) is 4.54. The molecular weight excluding hydrogens is 355 g/mol. The molecule has 4 nitrogen and oxygen atoms in total. The van der Waals surface area contributed by atoms with Gasteiger partial charge in [-0.15, -0.1) is 0 Å². The summed E-state index contributed by atoms with van der Waals surface area (Å²) in [5.74, 6) is 0.635. The standard InChI is InChI=1S/C14H23IN2O2/c1-7-14(8-2,19-6)12-16-10(13(3,4)5)9(15)11(18)17-12/h7-8H2,1-6H3,(H,16,17,18). The Balaban J connectivity index is 3.56. The van der Waals surface area contributed by atoms with Gasteiger partial charge >= 0.3 is 0 Å². The van der Waals surface area contributed by atoms with Crippen LogP contribution in [-0.4, -0.2) is 17.1 Å². The van der Waals surface area contributed by atoms with Crippen LogP contribution < -0.4 is 5.56 Å². The van der Waals surface area contributed by atoms with E-state index in [-0.39, 0.29) is 11.0 Å². The summed E-state index contributed by atoms with van der Waals surface area (Å²) in [5, 5.41) is 0. The Morgan fingerprint density at radius 1 is 1.26 bits per heavy atom. The molecule has 1 heterocycles. The summed E-state index contributed by atoms with van der Waals surface area (Å²) in [7, 11) is 1.67. The fourth-order valence-corrected chi connectivity index (χ4v) is 3.21. The van der Waals surface area contributed by atoms with Crippen molar-refractivity contribution in [1.82, 2.24) is 9.97 Å². The molecule has 0 aliphatic rings. The molecule has 108 valence electrons. The number of hydrogen-bond donors (Lipinski definition) is 1. The van der Waals surface area contributed by atoms with Gasteiger partial charge in [-0.1, -0.05) is 34.6 Å². The molecule has 0 amide bonds. The van der Waals surface area contributed by atoms with Gasteiger partial charge in [0.25, 0.3) is 5.56 Å². The first kappa shape index (κ1) is 16.6. The molecule has 1 aromatic heterocycles. The molecule has 0 spiro atoms. The maximum atomic E-state index is 12.1. The van der Waals surface area contributed by atoms with Crippen molar-refractivity contribution in [2.24, 2.45) is 0 Å². The number of halogens is 1. The van der Waals surface area contributed by atoms with Crippen molar-refractivity contribution in [3.63, 3.8) is 0 Å². The number of hydrogen-bond acceptors (Lipinski definition) is 3. The summed E-state index contributed by atoms with van der Waals surface area (Å²) in [5.41, 5.74) is 0.0679. The van der Waals surface area contributed by atoms with E-state index in [0.717, 1.165) is 18.5 Å². The monoisotopic (exact) mass is 378 g/mol. The third kappa shape index (κ3) is 3.18. The van der Waals surface area contributed by atoms with Gasteiger partial charge < -0.3 is 9.72 Å². The molecule has 0 radical (unpaired) electrons. The molecule has 0 aromatic carbocycles. The van der Waals surface area contributed by atoms with Crippen LogP contribution in [0.1, 0.15) is 59.0 Å². The first-order valence-electron chi connectivity index (χ1n) is 6.57. The minimum atomic E-state index is -0.510. The van der Waals surface area contributed by atoms with Gasteiger partial charge in [-0.25, -0.2) is 4.98 Å².